The first kappa shape index (κ1) is 9.81. The van der Waals surface area contributed by atoms with Crippen molar-refractivity contribution in [1.82, 2.24) is 5.32 Å². The molecule has 2 saturated heterocycles. The number of carbonyl (C=O) groups is 1. The Balaban J connectivity index is 1.53. The van der Waals surface area contributed by atoms with Crippen molar-refractivity contribution in [1.29, 1.82) is 0 Å². The second-order valence-electron chi connectivity index (χ2n) is 4.12. The lowest BCUT2D eigenvalue weighted by Crippen LogP contribution is -2.38. The molecule has 0 saturated carbocycles. The maximum absolute atomic E-state index is 11.7. The van der Waals surface area contributed by atoms with Crippen LogP contribution in [0.4, 0.5) is 0 Å². The number of ether oxygens (including phenoxy) is 2. The Morgan fingerprint density at radius 2 is 2.25 bits per heavy atom. The monoisotopic (exact) mass is 219 g/mol. The van der Waals surface area contributed by atoms with Gasteiger partial charge in [0.2, 0.25) is 0 Å². The number of hydrogen-bond donors (Lipinski definition) is 1. The van der Waals surface area contributed by atoms with Crippen molar-refractivity contribution in [2.45, 2.75) is 24.9 Å². The topological polar surface area (TPSA) is 50.9 Å². The largest absolute Gasteiger partial charge is 0.460 e. The molecule has 4 heteroatoms. The Hall–Kier alpha value is -1.39. The molecule has 2 aliphatic rings. The first-order valence-corrected chi connectivity index (χ1v) is 5.44. The van der Waals surface area contributed by atoms with E-state index < -0.39 is 0 Å². The Labute approximate surface area is 93.5 Å². The van der Waals surface area contributed by atoms with Crippen molar-refractivity contribution in [3.63, 3.8) is 0 Å². The Kier molecular flexibility index (Phi) is 2.38. The van der Waals surface area contributed by atoms with Crippen LogP contribution >= 0.6 is 0 Å². The number of nitrogens with one attached hydrogen (secondary N) is 1. The zero-order valence-corrected chi connectivity index (χ0v) is 8.76. The van der Waals surface area contributed by atoms with E-state index in [2.05, 4.69) is 5.32 Å². The minimum absolute atomic E-state index is 0.0447. The Morgan fingerprint density at radius 1 is 1.44 bits per heavy atom. The third kappa shape index (κ3) is 1.81. The quantitative estimate of drug-likeness (QED) is 0.593. The molecule has 2 heterocycles. The van der Waals surface area contributed by atoms with Crippen LogP contribution in [0.15, 0.2) is 30.3 Å². The van der Waals surface area contributed by atoms with Crippen molar-refractivity contribution < 1.29 is 14.3 Å². The normalized spacial score (nSPS) is 30.9. The highest BCUT2D eigenvalue weighted by molar-refractivity contribution is 5.78. The molecule has 0 amide bonds. The molecule has 16 heavy (non-hydrogen) atoms. The van der Waals surface area contributed by atoms with Gasteiger partial charge in [0.1, 0.15) is 18.8 Å². The number of carbonyl (C=O) groups excluding carboxylic acids is 1. The number of fused-ring (bicyclic) bond motifs is 1. The molecule has 84 valence electrons. The van der Waals surface area contributed by atoms with E-state index in [4.69, 9.17) is 9.47 Å². The molecular weight excluding hydrogens is 206 g/mol. The predicted molar refractivity (Wildman–Crippen MR) is 56.7 cm³/mol. The van der Waals surface area contributed by atoms with Gasteiger partial charge in [-0.05, 0) is 5.56 Å². The second kappa shape index (κ2) is 3.88. The van der Waals surface area contributed by atoms with Gasteiger partial charge in [-0.15, -0.1) is 0 Å². The molecule has 0 spiro atoms. The molecule has 1 aromatic rings. The highest BCUT2D eigenvalue weighted by Gasteiger charge is 2.53. The molecule has 3 rings (SSSR count). The van der Waals surface area contributed by atoms with E-state index in [0.29, 0.717) is 6.61 Å². The number of morpholine rings is 1. The van der Waals surface area contributed by atoms with E-state index in [1.807, 2.05) is 30.3 Å². The molecule has 3 atom stereocenters. The molecule has 0 aliphatic carbocycles. The third-order valence-corrected chi connectivity index (χ3v) is 2.97. The molecule has 2 aliphatic heterocycles. The number of rotatable bonds is 3. The van der Waals surface area contributed by atoms with Crippen molar-refractivity contribution in [2.75, 3.05) is 6.54 Å². The highest BCUT2D eigenvalue weighted by Crippen LogP contribution is 2.30. The number of esters is 1. The van der Waals surface area contributed by atoms with E-state index in [1.165, 1.54) is 0 Å². The molecule has 1 aromatic carbocycles. The van der Waals surface area contributed by atoms with Gasteiger partial charge in [0.05, 0.1) is 6.10 Å². The lowest BCUT2D eigenvalue weighted by Gasteiger charge is -2.11. The SMILES string of the molecule is O=C(OCc1ccccc1)[C@H]1NC[C@H]2OC12. The molecule has 0 radical (unpaired) electrons. The maximum Gasteiger partial charge on any atom is 0.326 e. The maximum atomic E-state index is 11.7. The molecule has 0 bridgehead atoms. The van der Waals surface area contributed by atoms with Crippen molar-refractivity contribution in [2.24, 2.45) is 0 Å². The summed E-state index contributed by atoms with van der Waals surface area (Å²) in [7, 11) is 0. The van der Waals surface area contributed by atoms with Crippen LogP contribution < -0.4 is 5.32 Å². The van der Waals surface area contributed by atoms with Crippen LogP contribution in [-0.2, 0) is 20.9 Å². The van der Waals surface area contributed by atoms with Gasteiger partial charge in [0.15, 0.2) is 0 Å². The zero-order chi connectivity index (χ0) is 11.0. The summed E-state index contributed by atoms with van der Waals surface area (Å²) in [5.74, 6) is -0.214. The molecular formula is C12H13NO3. The minimum atomic E-state index is -0.270. The van der Waals surface area contributed by atoms with Gasteiger partial charge < -0.3 is 9.47 Å². The first-order chi connectivity index (χ1) is 7.84. The van der Waals surface area contributed by atoms with E-state index in [1.54, 1.807) is 0 Å². The van der Waals surface area contributed by atoms with E-state index in [9.17, 15) is 4.79 Å². The molecule has 1 unspecified atom stereocenters. The summed E-state index contributed by atoms with van der Waals surface area (Å²) in [6.07, 6.45) is 0.276. The van der Waals surface area contributed by atoms with E-state index >= 15 is 0 Å². The number of benzene rings is 1. The van der Waals surface area contributed by atoms with Gasteiger partial charge >= 0.3 is 5.97 Å². The van der Waals surface area contributed by atoms with Gasteiger partial charge in [-0.25, -0.2) is 0 Å². The average molecular weight is 219 g/mol. The smallest absolute Gasteiger partial charge is 0.326 e. The zero-order valence-electron chi connectivity index (χ0n) is 8.76. The Bertz CT molecular complexity index is 393. The molecule has 0 aromatic heterocycles. The lowest BCUT2D eigenvalue weighted by molar-refractivity contribution is -0.147. The summed E-state index contributed by atoms with van der Waals surface area (Å²) in [5, 5.41) is 3.09. The molecule has 2 fully saturated rings. The first-order valence-electron chi connectivity index (χ1n) is 5.44. The summed E-state index contributed by atoms with van der Waals surface area (Å²) < 4.78 is 10.5. The second-order valence-corrected chi connectivity index (χ2v) is 4.12. The fourth-order valence-electron chi connectivity index (χ4n) is 2.01. The third-order valence-electron chi connectivity index (χ3n) is 2.97. The van der Waals surface area contributed by atoms with Gasteiger partial charge in [-0.1, -0.05) is 30.3 Å². The van der Waals surface area contributed by atoms with Crippen LogP contribution in [0.25, 0.3) is 0 Å². The minimum Gasteiger partial charge on any atom is -0.460 e. The fraction of sp³-hybridized carbons (Fsp3) is 0.417. The molecule has 4 nitrogen and oxygen atoms in total. The van der Waals surface area contributed by atoms with Crippen LogP contribution in [-0.4, -0.2) is 30.8 Å². The van der Waals surface area contributed by atoms with Crippen molar-refractivity contribution >= 4 is 5.97 Å². The average Bonchev–Trinajstić information content (AvgIpc) is 2.99. The number of hydrogen-bond acceptors (Lipinski definition) is 4. The summed E-state index contributed by atoms with van der Waals surface area (Å²) in [6, 6.07) is 9.40. The summed E-state index contributed by atoms with van der Waals surface area (Å²) in [5.41, 5.74) is 1.00. The standard InChI is InChI=1S/C12H13NO3/c14-12(10-11-9(16-11)6-13-10)15-7-8-4-2-1-3-5-8/h1-5,9-11,13H,6-7H2/t9-,10+,11?/m1/s1. The van der Waals surface area contributed by atoms with Gasteiger partial charge in [0.25, 0.3) is 0 Å². The number of epoxide rings is 1. The van der Waals surface area contributed by atoms with Crippen molar-refractivity contribution in [3.05, 3.63) is 35.9 Å². The van der Waals surface area contributed by atoms with Crippen molar-refractivity contribution in [3.8, 4) is 0 Å². The highest BCUT2D eigenvalue weighted by atomic mass is 16.6. The lowest BCUT2D eigenvalue weighted by atomic mass is 10.2. The Morgan fingerprint density at radius 3 is 2.88 bits per heavy atom. The van der Waals surface area contributed by atoms with Crippen LogP contribution in [0, 0.1) is 0 Å². The molecule has 1 N–H and O–H groups in total. The summed E-state index contributed by atoms with van der Waals surface area (Å²) in [6.45, 7) is 1.09. The van der Waals surface area contributed by atoms with Crippen LogP contribution in [0.1, 0.15) is 5.56 Å². The summed E-state index contributed by atoms with van der Waals surface area (Å²) >= 11 is 0. The van der Waals surface area contributed by atoms with Gasteiger partial charge in [-0.2, -0.15) is 0 Å². The van der Waals surface area contributed by atoms with E-state index in [-0.39, 0.29) is 24.2 Å². The fourth-order valence-corrected chi connectivity index (χ4v) is 2.01. The summed E-state index contributed by atoms with van der Waals surface area (Å²) in [4.78, 5) is 11.7. The van der Waals surface area contributed by atoms with Gasteiger partial charge in [-0.3, -0.25) is 10.1 Å². The van der Waals surface area contributed by atoms with Crippen LogP contribution in [0.2, 0.25) is 0 Å². The van der Waals surface area contributed by atoms with Crippen LogP contribution in [0.5, 0.6) is 0 Å². The van der Waals surface area contributed by atoms with E-state index in [0.717, 1.165) is 12.1 Å². The van der Waals surface area contributed by atoms with Crippen LogP contribution in [0.3, 0.4) is 0 Å². The van der Waals surface area contributed by atoms with Gasteiger partial charge in [0, 0.05) is 6.54 Å². The predicted octanol–water partition coefficient (Wildman–Crippen LogP) is 0.469.